The first kappa shape index (κ1) is 20.9. The number of nitrogens with zero attached hydrogens (tertiary/aromatic N) is 1. The topological polar surface area (TPSA) is 53.9 Å². The number of piperazine rings is 1. The molecule has 0 unspecified atom stereocenters. The molecule has 1 fully saturated rings. The molecule has 154 valence electrons. The van der Waals surface area contributed by atoms with Crippen molar-refractivity contribution in [1.82, 2.24) is 0 Å². The van der Waals surface area contributed by atoms with Gasteiger partial charge in [-0.1, -0.05) is 18.2 Å². The van der Waals surface area contributed by atoms with Gasteiger partial charge in [0.05, 0.1) is 37.4 Å². The molecule has 2 aromatic carbocycles. The van der Waals surface area contributed by atoms with Crippen LogP contribution in [0.1, 0.15) is 22.8 Å². The van der Waals surface area contributed by atoms with Crippen LogP contribution in [0.3, 0.4) is 0 Å². The predicted octanol–water partition coefficient (Wildman–Crippen LogP) is 2.25. The van der Waals surface area contributed by atoms with Gasteiger partial charge < -0.3 is 15.1 Å². The highest BCUT2D eigenvalue weighted by Gasteiger charge is 2.31. The number of anilines is 2. The smallest absolute Gasteiger partial charge is 0.360 e. The number of amides is 1. The fraction of sp³-hybridized carbons (Fsp3) is 0.333. The third-order valence-electron chi connectivity index (χ3n) is 5.00. The molecule has 1 heterocycles. The lowest BCUT2D eigenvalue weighted by molar-refractivity contribution is -0.892. The van der Waals surface area contributed by atoms with Gasteiger partial charge in [0, 0.05) is 11.3 Å². The molecule has 0 aliphatic carbocycles. The number of Topliss-reactive ketones (excluding diaryl/α,β-unsaturated/α-hetero) is 1. The molecule has 29 heavy (non-hydrogen) atoms. The summed E-state index contributed by atoms with van der Waals surface area (Å²) in [7, 11) is 0. The van der Waals surface area contributed by atoms with Crippen molar-refractivity contribution in [2.24, 2.45) is 0 Å². The average Bonchev–Trinajstić information content (AvgIpc) is 2.68. The number of rotatable bonds is 5. The number of carbonyl (C=O) groups is 2. The van der Waals surface area contributed by atoms with Crippen LogP contribution in [0.25, 0.3) is 0 Å². The third-order valence-corrected chi connectivity index (χ3v) is 5.00. The normalized spacial score (nSPS) is 15.2. The first-order valence-corrected chi connectivity index (χ1v) is 9.39. The van der Waals surface area contributed by atoms with E-state index in [1.165, 1.54) is 13.0 Å². The summed E-state index contributed by atoms with van der Waals surface area (Å²) in [6.07, 6.45) is -4.36. The molecule has 1 aliphatic rings. The Kier molecular flexibility index (Phi) is 6.22. The lowest BCUT2D eigenvalue weighted by atomic mass is 10.1. The third kappa shape index (κ3) is 5.35. The van der Waals surface area contributed by atoms with Gasteiger partial charge in [0.25, 0.3) is 5.91 Å². The van der Waals surface area contributed by atoms with Gasteiger partial charge in [-0.2, -0.15) is 13.2 Å². The minimum absolute atomic E-state index is 0.122. The lowest BCUT2D eigenvalue weighted by Gasteiger charge is -2.33. The van der Waals surface area contributed by atoms with E-state index in [1.54, 1.807) is 30.3 Å². The zero-order chi connectivity index (χ0) is 21.0. The first-order valence-electron chi connectivity index (χ1n) is 9.39. The highest BCUT2D eigenvalue weighted by molar-refractivity contribution is 6.03. The minimum atomic E-state index is -4.36. The predicted molar refractivity (Wildman–Crippen MR) is 104 cm³/mol. The maximum atomic E-state index is 12.9. The number of benzene rings is 2. The van der Waals surface area contributed by atoms with Gasteiger partial charge in [0.15, 0.2) is 12.3 Å². The summed E-state index contributed by atoms with van der Waals surface area (Å²) in [5, 5.41) is 2.79. The van der Waals surface area contributed by atoms with E-state index in [2.05, 4.69) is 5.32 Å². The van der Waals surface area contributed by atoms with Crippen LogP contribution in [0.5, 0.6) is 0 Å². The van der Waals surface area contributed by atoms with Crippen LogP contribution in [0.15, 0.2) is 48.5 Å². The summed E-state index contributed by atoms with van der Waals surface area (Å²) >= 11 is 0. The molecule has 1 amide bonds. The Labute approximate surface area is 167 Å². The van der Waals surface area contributed by atoms with Gasteiger partial charge in [-0.3, -0.25) is 9.59 Å². The standard InChI is InChI=1S/C21H22F3N3O2/c1-15(28)18-7-2-3-8-19(18)25-20(29)14-26-9-11-27(12-10-26)17-6-4-5-16(13-17)21(22,23)24/h2-8,13H,9-12,14H2,1H3,(H,25,29)/p+1. The maximum absolute atomic E-state index is 12.9. The van der Waals surface area contributed by atoms with Gasteiger partial charge in [0.1, 0.15) is 0 Å². The van der Waals surface area contributed by atoms with Gasteiger partial charge in [-0.05, 0) is 37.3 Å². The molecule has 0 bridgehead atoms. The first-order chi connectivity index (χ1) is 13.7. The number of alkyl halides is 3. The fourth-order valence-electron chi connectivity index (χ4n) is 3.46. The van der Waals surface area contributed by atoms with Crippen LogP contribution in [0.2, 0.25) is 0 Å². The SMILES string of the molecule is CC(=O)c1ccccc1NC(=O)C[NH+]1CCN(c2cccc(C(F)(F)F)c2)CC1. The average molecular weight is 406 g/mol. The van der Waals surface area contributed by atoms with Crippen LogP contribution in [0.4, 0.5) is 24.5 Å². The Morgan fingerprint density at radius 2 is 1.76 bits per heavy atom. The number of halogens is 3. The second-order valence-electron chi connectivity index (χ2n) is 7.11. The number of carbonyl (C=O) groups excluding carboxylic acids is 2. The van der Waals surface area contributed by atoms with E-state index in [-0.39, 0.29) is 18.2 Å². The van der Waals surface area contributed by atoms with Crippen LogP contribution in [0, 0.1) is 0 Å². The Balaban J connectivity index is 1.55. The zero-order valence-electron chi connectivity index (χ0n) is 16.1. The van der Waals surface area contributed by atoms with E-state index in [9.17, 15) is 22.8 Å². The van der Waals surface area contributed by atoms with Crippen molar-refractivity contribution in [3.8, 4) is 0 Å². The van der Waals surface area contributed by atoms with E-state index in [4.69, 9.17) is 0 Å². The van der Waals surface area contributed by atoms with Crippen molar-refractivity contribution >= 4 is 23.1 Å². The Hall–Kier alpha value is -2.87. The zero-order valence-corrected chi connectivity index (χ0v) is 16.1. The Bertz CT molecular complexity index is 891. The number of ketones is 1. The van der Waals surface area contributed by atoms with Gasteiger partial charge in [-0.25, -0.2) is 0 Å². The quantitative estimate of drug-likeness (QED) is 0.749. The highest BCUT2D eigenvalue weighted by atomic mass is 19.4. The van der Waals surface area contributed by atoms with Crippen molar-refractivity contribution in [2.45, 2.75) is 13.1 Å². The largest absolute Gasteiger partial charge is 0.416 e. The van der Waals surface area contributed by atoms with E-state index in [0.717, 1.165) is 17.0 Å². The fourth-order valence-corrected chi connectivity index (χ4v) is 3.46. The molecule has 1 saturated heterocycles. The molecule has 5 nitrogen and oxygen atoms in total. The Morgan fingerprint density at radius 3 is 2.41 bits per heavy atom. The molecular formula is C21H23F3N3O2+. The maximum Gasteiger partial charge on any atom is 0.416 e. The van der Waals surface area contributed by atoms with Crippen LogP contribution >= 0.6 is 0 Å². The van der Waals surface area contributed by atoms with Crippen molar-refractivity contribution in [3.63, 3.8) is 0 Å². The van der Waals surface area contributed by atoms with Crippen molar-refractivity contribution in [2.75, 3.05) is 42.9 Å². The summed E-state index contributed by atoms with van der Waals surface area (Å²) in [6.45, 7) is 4.09. The summed E-state index contributed by atoms with van der Waals surface area (Å²) < 4.78 is 38.7. The molecular weight excluding hydrogens is 383 g/mol. The molecule has 8 heteroatoms. The van der Waals surface area contributed by atoms with Crippen LogP contribution in [-0.4, -0.2) is 44.4 Å². The second kappa shape index (κ2) is 8.65. The summed E-state index contributed by atoms with van der Waals surface area (Å²) in [5.74, 6) is -0.316. The van der Waals surface area contributed by atoms with Gasteiger partial charge in [-0.15, -0.1) is 0 Å². The highest BCUT2D eigenvalue weighted by Crippen LogP contribution is 2.31. The van der Waals surface area contributed by atoms with Gasteiger partial charge >= 0.3 is 6.18 Å². The molecule has 2 N–H and O–H groups in total. The molecule has 2 aromatic rings. The van der Waals surface area contributed by atoms with Gasteiger partial charge in [0.2, 0.25) is 0 Å². The summed E-state index contributed by atoms with van der Waals surface area (Å²) in [5.41, 5.74) is 0.837. The number of quaternary nitrogens is 1. The molecule has 0 saturated carbocycles. The Morgan fingerprint density at radius 1 is 1.07 bits per heavy atom. The summed E-state index contributed by atoms with van der Waals surface area (Å²) in [6, 6.07) is 12.2. The number of para-hydroxylation sites is 1. The monoisotopic (exact) mass is 406 g/mol. The van der Waals surface area contributed by atoms with Crippen LogP contribution < -0.4 is 15.1 Å². The second-order valence-corrected chi connectivity index (χ2v) is 7.11. The van der Waals surface area contributed by atoms with E-state index in [1.807, 2.05) is 4.90 Å². The molecule has 0 radical (unpaired) electrons. The number of hydrogen-bond donors (Lipinski definition) is 2. The summed E-state index contributed by atoms with van der Waals surface area (Å²) in [4.78, 5) is 27.0. The molecule has 3 rings (SSSR count). The van der Waals surface area contributed by atoms with E-state index >= 15 is 0 Å². The number of nitrogens with one attached hydrogen (secondary N) is 2. The van der Waals surface area contributed by atoms with Crippen molar-refractivity contribution < 1.29 is 27.7 Å². The van der Waals surface area contributed by atoms with E-state index < -0.39 is 11.7 Å². The van der Waals surface area contributed by atoms with Crippen LogP contribution in [-0.2, 0) is 11.0 Å². The van der Waals surface area contributed by atoms with E-state index in [0.29, 0.717) is 43.1 Å². The lowest BCUT2D eigenvalue weighted by Crippen LogP contribution is -3.15. The van der Waals surface area contributed by atoms with Crippen molar-refractivity contribution in [1.29, 1.82) is 0 Å². The molecule has 1 aliphatic heterocycles. The molecule has 0 spiro atoms. The van der Waals surface area contributed by atoms with Crippen molar-refractivity contribution in [3.05, 3.63) is 59.7 Å². The molecule has 0 aromatic heterocycles. The molecule has 0 atom stereocenters. The minimum Gasteiger partial charge on any atom is -0.360 e. The number of hydrogen-bond acceptors (Lipinski definition) is 3.